The molecule has 1 fully saturated rings. The lowest BCUT2D eigenvalue weighted by Crippen LogP contribution is -2.34. The Morgan fingerprint density at radius 2 is 1.81 bits per heavy atom. The highest BCUT2D eigenvalue weighted by Crippen LogP contribution is 2.48. The summed E-state index contributed by atoms with van der Waals surface area (Å²) < 4.78 is 42.0. The summed E-state index contributed by atoms with van der Waals surface area (Å²) >= 11 is 0.0568. The van der Waals surface area contributed by atoms with Gasteiger partial charge in [-0.25, -0.2) is 4.79 Å². The van der Waals surface area contributed by atoms with Gasteiger partial charge in [-0.1, -0.05) is 25.1 Å². The highest BCUT2D eigenvalue weighted by atomic mass is 32.2. The van der Waals surface area contributed by atoms with E-state index in [4.69, 9.17) is 4.74 Å². The molecule has 21 heavy (non-hydrogen) atoms. The van der Waals surface area contributed by atoms with E-state index < -0.39 is 16.2 Å². The molecule has 2 rings (SSSR count). The van der Waals surface area contributed by atoms with E-state index in [1.807, 2.05) is 0 Å². The second kappa shape index (κ2) is 6.30. The van der Waals surface area contributed by atoms with Crippen molar-refractivity contribution in [2.45, 2.75) is 49.0 Å². The zero-order valence-corrected chi connectivity index (χ0v) is 12.5. The summed E-state index contributed by atoms with van der Waals surface area (Å²) in [6.07, 6.45) is 1.43. The van der Waals surface area contributed by atoms with E-state index in [9.17, 15) is 18.0 Å². The van der Waals surface area contributed by atoms with Gasteiger partial charge in [-0.3, -0.25) is 0 Å². The van der Waals surface area contributed by atoms with Crippen molar-refractivity contribution < 1.29 is 22.7 Å². The van der Waals surface area contributed by atoms with E-state index >= 15 is 0 Å². The molecule has 0 atom stereocenters. The molecule has 0 aromatic heterocycles. The number of esters is 1. The zero-order valence-electron chi connectivity index (χ0n) is 11.7. The van der Waals surface area contributed by atoms with Gasteiger partial charge in [0.2, 0.25) is 0 Å². The normalized spacial score (nSPS) is 26.4. The van der Waals surface area contributed by atoms with Crippen molar-refractivity contribution in [3.63, 3.8) is 0 Å². The molecule has 0 bridgehead atoms. The summed E-state index contributed by atoms with van der Waals surface area (Å²) in [5, 5.41) is 0. The highest BCUT2D eigenvalue weighted by Gasteiger charge is 2.42. The molecular weight excluding hydrogens is 301 g/mol. The molecule has 116 valence electrons. The molecule has 0 aliphatic heterocycles. The maximum absolute atomic E-state index is 12.5. The number of hydrogen-bond acceptors (Lipinski definition) is 3. The summed E-state index contributed by atoms with van der Waals surface area (Å²) in [7, 11) is 0. The molecule has 0 heterocycles. The fraction of sp³-hybridized carbons (Fsp3) is 0.533. The third kappa shape index (κ3) is 4.95. The molecule has 0 amide bonds. The molecule has 0 radical (unpaired) electrons. The predicted octanol–water partition coefficient (Wildman–Crippen LogP) is 4.80. The van der Waals surface area contributed by atoms with Crippen LogP contribution in [0.15, 0.2) is 30.3 Å². The van der Waals surface area contributed by atoms with Crippen molar-refractivity contribution >= 4 is 17.7 Å². The van der Waals surface area contributed by atoms with Crippen molar-refractivity contribution in [1.82, 2.24) is 0 Å². The van der Waals surface area contributed by atoms with Gasteiger partial charge in [0.05, 0.1) is 5.56 Å². The second-order valence-electron chi connectivity index (χ2n) is 5.47. The van der Waals surface area contributed by atoms with Crippen molar-refractivity contribution in [1.29, 1.82) is 0 Å². The number of carbonyl (C=O) groups excluding carboxylic acids is 1. The second-order valence-corrected chi connectivity index (χ2v) is 7.12. The lowest BCUT2D eigenvalue weighted by molar-refractivity contribution is -0.0354. The molecule has 1 aliphatic rings. The van der Waals surface area contributed by atoms with E-state index in [0.29, 0.717) is 31.2 Å². The Morgan fingerprint density at radius 3 is 2.33 bits per heavy atom. The third-order valence-corrected chi connectivity index (χ3v) is 4.77. The number of hydrogen-bond donors (Lipinski definition) is 0. The summed E-state index contributed by atoms with van der Waals surface area (Å²) in [5.74, 6) is -0.410. The van der Waals surface area contributed by atoms with E-state index in [1.165, 1.54) is 0 Å². The van der Waals surface area contributed by atoms with Crippen molar-refractivity contribution in [3.05, 3.63) is 35.9 Å². The van der Waals surface area contributed by atoms with Gasteiger partial charge < -0.3 is 4.74 Å². The molecule has 1 saturated carbocycles. The topological polar surface area (TPSA) is 26.3 Å². The van der Waals surface area contributed by atoms with Gasteiger partial charge in [0, 0.05) is 4.75 Å². The molecule has 0 saturated heterocycles. The van der Waals surface area contributed by atoms with Gasteiger partial charge in [0.15, 0.2) is 0 Å². The van der Waals surface area contributed by atoms with E-state index in [-0.39, 0.29) is 17.9 Å². The van der Waals surface area contributed by atoms with Gasteiger partial charge in [-0.05, 0) is 49.6 Å². The number of benzene rings is 1. The molecule has 1 aromatic carbocycles. The molecule has 1 aliphatic carbocycles. The average molecular weight is 318 g/mol. The maximum atomic E-state index is 12.5. The Hall–Kier alpha value is -1.17. The van der Waals surface area contributed by atoms with E-state index in [0.717, 1.165) is 0 Å². The molecule has 1 aromatic rings. The number of alkyl halides is 3. The highest BCUT2D eigenvalue weighted by molar-refractivity contribution is 8.01. The Balaban J connectivity index is 1.86. The first-order chi connectivity index (χ1) is 9.77. The lowest BCUT2D eigenvalue weighted by atomic mass is 9.88. The summed E-state index contributed by atoms with van der Waals surface area (Å²) in [6, 6.07) is 8.61. The average Bonchev–Trinajstić information content (AvgIpc) is 2.40. The van der Waals surface area contributed by atoms with Gasteiger partial charge >= 0.3 is 11.5 Å². The van der Waals surface area contributed by atoms with Gasteiger partial charge in [0.25, 0.3) is 0 Å². The van der Waals surface area contributed by atoms with Crippen molar-refractivity contribution in [2.24, 2.45) is 0 Å². The standard InChI is InChI=1S/C15H17F3O2S/c1-14(21-15(16,17)18)9-7-12(8-10-14)20-13(19)11-5-3-2-4-6-11/h2-6,12H,7-10H2,1H3. The first-order valence-electron chi connectivity index (χ1n) is 6.80. The van der Waals surface area contributed by atoms with Gasteiger partial charge in [0.1, 0.15) is 6.10 Å². The van der Waals surface area contributed by atoms with Crippen LogP contribution >= 0.6 is 11.8 Å². The van der Waals surface area contributed by atoms with Crippen LogP contribution in [0.1, 0.15) is 43.0 Å². The number of rotatable bonds is 3. The Labute approximate surface area is 126 Å². The van der Waals surface area contributed by atoms with Crippen molar-refractivity contribution in [3.8, 4) is 0 Å². The van der Waals surface area contributed by atoms with E-state index in [1.54, 1.807) is 37.3 Å². The van der Waals surface area contributed by atoms with Crippen molar-refractivity contribution in [2.75, 3.05) is 0 Å². The molecule has 0 spiro atoms. The van der Waals surface area contributed by atoms with Crippen LogP contribution < -0.4 is 0 Å². The first-order valence-corrected chi connectivity index (χ1v) is 7.62. The minimum absolute atomic E-state index is 0.0568. The molecule has 0 unspecified atom stereocenters. The Morgan fingerprint density at radius 1 is 1.24 bits per heavy atom. The zero-order chi connectivity index (χ0) is 15.5. The molecule has 6 heteroatoms. The molecule has 2 nitrogen and oxygen atoms in total. The summed E-state index contributed by atoms with van der Waals surface area (Å²) in [5.41, 5.74) is -3.75. The SMILES string of the molecule is CC1(SC(F)(F)F)CCC(OC(=O)c2ccccc2)CC1. The number of ether oxygens (including phenoxy) is 1. The minimum Gasteiger partial charge on any atom is -0.459 e. The Kier molecular flexibility index (Phi) is 4.86. The van der Waals surface area contributed by atoms with Crippen LogP contribution in [0.4, 0.5) is 13.2 Å². The van der Waals surface area contributed by atoms with Crippen LogP contribution in [0, 0.1) is 0 Å². The first kappa shape index (κ1) is 16.2. The van der Waals surface area contributed by atoms with Crippen LogP contribution in [0.2, 0.25) is 0 Å². The summed E-state index contributed by atoms with van der Waals surface area (Å²) in [6.45, 7) is 1.63. The van der Waals surface area contributed by atoms with Gasteiger partial charge in [-0.2, -0.15) is 13.2 Å². The number of carbonyl (C=O) groups is 1. The Bertz CT molecular complexity index is 479. The largest absolute Gasteiger partial charge is 0.459 e. The lowest BCUT2D eigenvalue weighted by Gasteiger charge is -2.36. The fourth-order valence-corrected chi connectivity index (χ4v) is 3.49. The number of halogens is 3. The third-order valence-electron chi connectivity index (χ3n) is 3.64. The van der Waals surface area contributed by atoms with Crippen LogP contribution in [-0.2, 0) is 4.74 Å². The predicted molar refractivity (Wildman–Crippen MR) is 76.2 cm³/mol. The number of thioether (sulfide) groups is 1. The summed E-state index contributed by atoms with van der Waals surface area (Å²) in [4.78, 5) is 11.9. The maximum Gasteiger partial charge on any atom is 0.442 e. The fourth-order valence-electron chi connectivity index (χ4n) is 2.49. The molecule has 0 N–H and O–H groups in total. The van der Waals surface area contributed by atoms with E-state index in [2.05, 4.69) is 0 Å². The molecular formula is C15H17F3O2S. The van der Waals surface area contributed by atoms with Crippen LogP contribution in [0.3, 0.4) is 0 Å². The smallest absolute Gasteiger partial charge is 0.442 e. The minimum atomic E-state index is -4.22. The monoisotopic (exact) mass is 318 g/mol. The van der Waals surface area contributed by atoms with Crippen LogP contribution in [-0.4, -0.2) is 22.3 Å². The van der Waals surface area contributed by atoms with Gasteiger partial charge in [-0.15, -0.1) is 0 Å². The quantitative estimate of drug-likeness (QED) is 0.749. The van der Waals surface area contributed by atoms with Crippen LogP contribution in [0.5, 0.6) is 0 Å². The van der Waals surface area contributed by atoms with Crippen LogP contribution in [0.25, 0.3) is 0 Å².